The van der Waals surface area contributed by atoms with Crippen molar-refractivity contribution in [2.45, 2.75) is 27.4 Å². The summed E-state index contributed by atoms with van der Waals surface area (Å²) in [4.78, 5) is 21.3. The number of nitrogens with zero attached hydrogens (tertiary/aromatic N) is 3. The number of anilines is 1. The number of aryl methyl sites for hydroxylation is 2. The number of hydrogen-bond acceptors (Lipinski definition) is 6. The van der Waals surface area contributed by atoms with Crippen molar-refractivity contribution in [3.63, 3.8) is 0 Å². The summed E-state index contributed by atoms with van der Waals surface area (Å²) in [5, 5.41) is 0.501. The van der Waals surface area contributed by atoms with Crippen molar-refractivity contribution in [1.29, 1.82) is 0 Å². The maximum Gasteiger partial charge on any atom is 0.342 e. The summed E-state index contributed by atoms with van der Waals surface area (Å²) in [5.74, 6) is 0.740. The second-order valence-electron chi connectivity index (χ2n) is 7.48. The number of esters is 1. The SMILES string of the molecule is COC(=O)c1c(N)n(-c2c(C)ccc(OCc3ccccc3)c2C)c2nc(C)nc(Cl)c12. The lowest BCUT2D eigenvalue weighted by Crippen LogP contribution is -2.10. The van der Waals surface area contributed by atoms with Gasteiger partial charge < -0.3 is 15.2 Å². The van der Waals surface area contributed by atoms with Gasteiger partial charge in [-0.2, -0.15) is 0 Å². The number of ether oxygens (including phenoxy) is 2. The first-order valence-corrected chi connectivity index (χ1v) is 10.4. The van der Waals surface area contributed by atoms with E-state index in [4.69, 9.17) is 26.8 Å². The average molecular weight is 451 g/mol. The van der Waals surface area contributed by atoms with E-state index in [1.165, 1.54) is 7.11 Å². The number of hydrogen-bond donors (Lipinski definition) is 1. The summed E-state index contributed by atoms with van der Waals surface area (Å²) < 4.78 is 12.8. The predicted octanol–water partition coefficient (Wildman–Crippen LogP) is 4.95. The van der Waals surface area contributed by atoms with E-state index in [0.717, 1.165) is 22.4 Å². The molecule has 7 nitrogen and oxygen atoms in total. The van der Waals surface area contributed by atoms with E-state index in [1.54, 1.807) is 11.5 Å². The molecule has 0 aliphatic rings. The van der Waals surface area contributed by atoms with Gasteiger partial charge in [-0.05, 0) is 38.0 Å². The molecule has 164 valence electrons. The number of fused-ring (bicyclic) bond motifs is 1. The number of rotatable bonds is 5. The molecule has 0 aliphatic heterocycles. The highest BCUT2D eigenvalue weighted by molar-refractivity contribution is 6.35. The van der Waals surface area contributed by atoms with Crippen molar-refractivity contribution in [2.75, 3.05) is 12.8 Å². The van der Waals surface area contributed by atoms with E-state index in [2.05, 4.69) is 9.97 Å². The van der Waals surface area contributed by atoms with Crippen LogP contribution in [0, 0.1) is 20.8 Å². The number of nitrogens with two attached hydrogens (primary N) is 1. The maximum absolute atomic E-state index is 12.6. The van der Waals surface area contributed by atoms with Gasteiger partial charge >= 0.3 is 5.97 Å². The van der Waals surface area contributed by atoms with Crippen molar-refractivity contribution < 1.29 is 14.3 Å². The smallest absolute Gasteiger partial charge is 0.342 e. The van der Waals surface area contributed by atoms with Crippen LogP contribution in [0.15, 0.2) is 42.5 Å². The van der Waals surface area contributed by atoms with Gasteiger partial charge in [0.05, 0.1) is 18.2 Å². The third-order valence-electron chi connectivity index (χ3n) is 5.35. The Balaban J connectivity index is 1.93. The van der Waals surface area contributed by atoms with Gasteiger partial charge in [-0.1, -0.05) is 48.0 Å². The molecule has 0 bridgehead atoms. The van der Waals surface area contributed by atoms with Crippen molar-refractivity contribution in [2.24, 2.45) is 0 Å². The van der Waals surface area contributed by atoms with Gasteiger partial charge in [-0.15, -0.1) is 0 Å². The lowest BCUT2D eigenvalue weighted by atomic mass is 10.1. The molecule has 0 fully saturated rings. The number of nitrogen functional groups attached to an aromatic ring is 1. The number of benzene rings is 2. The van der Waals surface area contributed by atoms with Gasteiger partial charge in [0, 0.05) is 5.56 Å². The molecule has 32 heavy (non-hydrogen) atoms. The summed E-state index contributed by atoms with van der Waals surface area (Å²) >= 11 is 6.42. The Kier molecular flexibility index (Phi) is 5.76. The number of halogens is 1. The Morgan fingerprint density at radius 3 is 2.50 bits per heavy atom. The highest BCUT2D eigenvalue weighted by Crippen LogP contribution is 2.38. The molecule has 4 rings (SSSR count). The quantitative estimate of drug-likeness (QED) is 0.341. The Hall–Kier alpha value is -3.58. The minimum Gasteiger partial charge on any atom is -0.489 e. The van der Waals surface area contributed by atoms with E-state index in [1.807, 2.05) is 56.3 Å². The molecule has 0 unspecified atom stereocenters. The molecule has 2 N–H and O–H groups in total. The normalized spacial score (nSPS) is 11.0. The zero-order chi connectivity index (χ0) is 23.0. The van der Waals surface area contributed by atoms with Gasteiger partial charge in [0.2, 0.25) is 0 Å². The molecule has 8 heteroatoms. The fraction of sp³-hybridized carbons (Fsp3) is 0.208. The largest absolute Gasteiger partial charge is 0.489 e. The van der Waals surface area contributed by atoms with Crippen molar-refractivity contribution >= 4 is 34.4 Å². The summed E-state index contributed by atoms with van der Waals surface area (Å²) in [6.45, 7) is 6.06. The van der Waals surface area contributed by atoms with Crippen LogP contribution in [0.1, 0.15) is 32.9 Å². The zero-order valence-electron chi connectivity index (χ0n) is 18.3. The number of methoxy groups -OCH3 is 1. The van der Waals surface area contributed by atoms with Gasteiger partial charge in [-0.3, -0.25) is 4.57 Å². The lowest BCUT2D eigenvalue weighted by molar-refractivity contribution is 0.0604. The minimum absolute atomic E-state index is 0.141. The van der Waals surface area contributed by atoms with Gasteiger partial charge in [0.25, 0.3) is 0 Å². The molecular weight excluding hydrogens is 428 g/mol. The molecule has 0 radical (unpaired) electrons. The Morgan fingerprint density at radius 1 is 1.09 bits per heavy atom. The Morgan fingerprint density at radius 2 is 1.81 bits per heavy atom. The standard InChI is InChI=1S/C24H23ClN4O3/c1-13-10-11-17(32-12-16-8-6-5-7-9-16)14(2)20(13)29-22(26)19(24(30)31-4)18-21(25)27-15(3)28-23(18)29/h5-11H,12,26H2,1-4H3. The molecule has 0 saturated heterocycles. The summed E-state index contributed by atoms with van der Waals surface area (Å²) in [6, 6.07) is 13.8. The lowest BCUT2D eigenvalue weighted by Gasteiger charge is -2.18. The van der Waals surface area contributed by atoms with Gasteiger partial charge in [0.1, 0.15) is 34.7 Å². The topological polar surface area (TPSA) is 92.3 Å². The Bertz CT molecular complexity index is 1330. The van der Waals surface area contributed by atoms with Crippen LogP contribution in [0.2, 0.25) is 5.15 Å². The van der Waals surface area contributed by atoms with Gasteiger partial charge in [0.15, 0.2) is 5.65 Å². The van der Waals surface area contributed by atoms with Crippen molar-refractivity contribution in [3.05, 3.63) is 75.7 Å². The Labute approximate surface area is 190 Å². The van der Waals surface area contributed by atoms with Crippen LogP contribution < -0.4 is 10.5 Å². The van der Waals surface area contributed by atoms with Gasteiger partial charge in [-0.25, -0.2) is 14.8 Å². The average Bonchev–Trinajstić information content (AvgIpc) is 3.06. The first-order chi connectivity index (χ1) is 15.3. The maximum atomic E-state index is 12.6. The molecule has 0 saturated carbocycles. The van der Waals surface area contributed by atoms with Crippen LogP contribution in [0.3, 0.4) is 0 Å². The van der Waals surface area contributed by atoms with Crippen LogP contribution in [0.4, 0.5) is 5.82 Å². The molecule has 2 heterocycles. The monoisotopic (exact) mass is 450 g/mol. The van der Waals surface area contributed by atoms with E-state index >= 15 is 0 Å². The molecular formula is C24H23ClN4O3. The van der Waals surface area contributed by atoms with Crippen LogP contribution in [0.25, 0.3) is 16.7 Å². The van der Waals surface area contributed by atoms with Crippen LogP contribution in [-0.2, 0) is 11.3 Å². The minimum atomic E-state index is -0.604. The van der Waals surface area contributed by atoms with Crippen molar-refractivity contribution in [3.8, 4) is 11.4 Å². The zero-order valence-corrected chi connectivity index (χ0v) is 19.0. The predicted molar refractivity (Wildman–Crippen MR) is 125 cm³/mol. The third-order valence-corrected chi connectivity index (χ3v) is 5.62. The van der Waals surface area contributed by atoms with Crippen LogP contribution in [0.5, 0.6) is 5.75 Å². The molecule has 0 amide bonds. The second kappa shape index (κ2) is 8.51. The first-order valence-electron chi connectivity index (χ1n) is 10.0. The molecule has 0 spiro atoms. The van der Waals surface area contributed by atoms with Crippen molar-refractivity contribution in [1.82, 2.24) is 14.5 Å². The van der Waals surface area contributed by atoms with E-state index in [-0.39, 0.29) is 16.5 Å². The van der Waals surface area contributed by atoms with E-state index in [0.29, 0.717) is 29.2 Å². The first kappa shape index (κ1) is 21.6. The van der Waals surface area contributed by atoms with Crippen LogP contribution in [-0.4, -0.2) is 27.6 Å². The molecule has 4 aromatic rings. The summed E-state index contributed by atoms with van der Waals surface area (Å²) in [6.07, 6.45) is 0. The number of carbonyl (C=O) groups excluding carboxylic acids is 1. The summed E-state index contributed by atoms with van der Waals surface area (Å²) in [5.41, 5.74) is 10.7. The number of aromatic nitrogens is 3. The molecule has 0 aliphatic carbocycles. The highest BCUT2D eigenvalue weighted by atomic mass is 35.5. The van der Waals surface area contributed by atoms with Crippen LogP contribution >= 0.6 is 11.6 Å². The molecule has 2 aromatic carbocycles. The molecule has 0 atom stereocenters. The molecule has 2 aromatic heterocycles. The summed E-state index contributed by atoms with van der Waals surface area (Å²) in [7, 11) is 1.29. The van der Waals surface area contributed by atoms with E-state index in [9.17, 15) is 4.79 Å². The fourth-order valence-corrected chi connectivity index (χ4v) is 4.14. The number of carbonyl (C=O) groups is 1. The van der Waals surface area contributed by atoms with E-state index < -0.39 is 5.97 Å². The highest BCUT2D eigenvalue weighted by Gasteiger charge is 2.28. The fourth-order valence-electron chi connectivity index (χ4n) is 3.84. The second-order valence-corrected chi connectivity index (χ2v) is 7.83. The third kappa shape index (κ3) is 3.65.